The van der Waals surface area contributed by atoms with Crippen molar-refractivity contribution >= 4 is 23.2 Å². The number of halogens is 1. The number of nitrogens with one attached hydrogen (secondary N) is 1. The van der Waals surface area contributed by atoms with Crippen LogP contribution < -0.4 is 11.1 Å². The standard InChI is InChI=1S/C14H11ClN4O/c15-13-12(5-11(17)8-18-13)14(20)19-7-10-3-1-9(6-16)2-4-10/h1-5,8H,7,17H2,(H,19,20). The topological polar surface area (TPSA) is 91.8 Å². The van der Waals surface area contributed by atoms with Crippen molar-refractivity contribution in [2.24, 2.45) is 0 Å². The Balaban J connectivity index is 2.04. The summed E-state index contributed by atoms with van der Waals surface area (Å²) in [6, 6.07) is 10.4. The van der Waals surface area contributed by atoms with Gasteiger partial charge in [-0.3, -0.25) is 4.79 Å². The fourth-order valence-electron chi connectivity index (χ4n) is 1.60. The van der Waals surface area contributed by atoms with Crippen molar-refractivity contribution in [3.8, 4) is 6.07 Å². The van der Waals surface area contributed by atoms with Gasteiger partial charge in [0.2, 0.25) is 0 Å². The number of carbonyl (C=O) groups excluding carboxylic acids is 1. The van der Waals surface area contributed by atoms with Crippen LogP contribution in [-0.2, 0) is 6.54 Å². The molecular weight excluding hydrogens is 276 g/mol. The van der Waals surface area contributed by atoms with Crippen LogP contribution in [0, 0.1) is 11.3 Å². The maximum absolute atomic E-state index is 12.0. The summed E-state index contributed by atoms with van der Waals surface area (Å²) in [6.45, 7) is 0.329. The SMILES string of the molecule is N#Cc1ccc(CNC(=O)c2cc(N)cnc2Cl)cc1. The molecule has 0 unspecified atom stereocenters. The summed E-state index contributed by atoms with van der Waals surface area (Å²) in [6.07, 6.45) is 1.39. The molecular formula is C14H11ClN4O. The molecule has 0 aliphatic heterocycles. The van der Waals surface area contributed by atoms with Gasteiger partial charge in [-0.1, -0.05) is 23.7 Å². The van der Waals surface area contributed by atoms with E-state index in [-0.39, 0.29) is 16.6 Å². The normalized spacial score (nSPS) is 9.80. The van der Waals surface area contributed by atoms with Gasteiger partial charge in [-0.25, -0.2) is 4.98 Å². The molecule has 2 aromatic rings. The van der Waals surface area contributed by atoms with Crippen molar-refractivity contribution < 1.29 is 4.79 Å². The third kappa shape index (κ3) is 3.25. The number of amides is 1. The Morgan fingerprint density at radius 2 is 2.10 bits per heavy atom. The van der Waals surface area contributed by atoms with E-state index in [0.29, 0.717) is 17.8 Å². The Hall–Kier alpha value is -2.58. The van der Waals surface area contributed by atoms with Crippen molar-refractivity contribution in [2.75, 3.05) is 5.73 Å². The summed E-state index contributed by atoms with van der Waals surface area (Å²) in [5, 5.41) is 11.5. The first-order chi connectivity index (χ1) is 9.60. The van der Waals surface area contributed by atoms with E-state index in [9.17, 15) is 4.79 Å². The van der Waals surface area contributed by atoms with Crippen LogP contribution in [0.25, 0.3) is 0 Å². The van der Waals surface area contributed by atoms with Gasteiger partial charge in [0.1, 0.15) is 5.15 Å². The van der Waals surface area contributed by atoms with Crippen molar-refractivity contribution in [2.45, 2.75) is 6.54 Å². The Kier molecular flexibility index (Phi) is 4.18. The summed E-state index contributed by atoms with van der Waals surface area (Å²) < 4.78 is 0. The summed E-state index contributed by atoms with van der Waals surface area (Å²) in [4.78, 5) is 15.8. The maximum atomic E-state index is 12.0. The van der Waals surface area contributed by atoms with Gasteiger partial charge in [-0.05, 0) is 23.8 Å². The number of anilines is 1. The van der Waals surface area contributed by atoms with Crippen LogP contribution in [0.5, 0.6) is 0 Å². The number of nitrogens with two attached hydrogens (primary N) is 1. The van der Waals surface area contributed by atoms with E-state index < -0.39 is 0 Å². The third-order valence-corrected chi connectivity index (χ3v) is 2.94. The summed E-state index contributed by atoms with van der Waals surface area (Å²) >= 11 is 5.85. The lowest BCUT2D eigenvalue weighted by Gasteiger charge is -2.07. The summed E-state index contributed by atoms with van der Waals surface area (Å²) in [5.41, 5.74) is 7.63. The molecule has 1 aromatic carbocycles. The fourth-order valence-corrected chi connectivity index (χ4v) is 1.79. The number of nitrogens with zero attached hydrogens (tertiary/aromatic N) is 2. The van der Waals surface area contributed by atoms with Crippen LogP contribution in [-0.4, -0.2) is 10.9 Å². The van der Waals surface area contributed by atoms with E-state index in [1.807, 2.05) is 6.07 Å². The molecule has 20 heavy (non-hydrogen) atoms. The monoisotopic (exact) mass is 286 g/mol. The molecule has 0 saturated heterocycles. The second-order valence-electron chi connectivity index (χ2n) is 4.10. The van der Waals surface area contributed by atoms with Gasteiger partial charge < -0.3 is 11.1 Å². The van der Waals surface area contributed by atoms with Crippen molar-refractivity contribution in [1.29, 1.82) is 5.26 Å². The molecule has 2 rings (SSSR count). The highest BCUT2D eigenvalue weighted by molar-refractivity contribution is 6.32. The van der Waals surface area contributed by atoms with Crippen LogP contribution in [0.3, 0.4) is 0 Å². The first-order valence-electron chi connectivity index (χ1n) is 5.78. The van der Waals surface area contributed by atoms with E-state index in [2.05, 4.69) is 10.3 Å². The second-order valence-corrected chi connectivity index (χ2v) is 4.46. The lowest BCUT2D eigenvalue weighted by molar-refractivity contribution is 0.0950. The summed E-state index contributed by atoms with van der Waals surface area (Å²) in [5.74, 6) is -0.348. The zero-order chi connectivity index (χ0) is 14.5. The third-order valence-electron chi connectivity index (χ3n) is 2.64. The molecule has 0 aliphatic carbocycles. The van der Waals surface area contributed by atoms with E-state index in [1.54, 1.807) is 24.3 Å². The van der Waals surface area contributed by atoms with Crippen LogP contribution in [0.15, 0.2) is 36.5 Å². The maximum Gasteiger partial charge on any atom is 0.254 e. The van der Waals surface area contributed by atoms with Gasteiger partial charge in [-0.2, -0.15) is 5.26 Å². The molecule has 5 nitrogen and oxygen atoms in total. The Bertz CT molecular complexity index is 677. The van der Waals surface area contributed by atoms with E-state index in [4.69, 9.17) is 22.6 Å². The van der Waals surface area contributed by atoms with Gasteiger partial charge >= 0.3 is 0 Å². The Morgan fingerprint density at radius 1 is 1.40 bits per heavy atom. The molecule has 0 radical (unpaired) electrons. The molecule has 6 heteroatoms. The highest BCUT2D eigenvalue weighted by Gasteiger charge is 2.11. The Morgan fingerprint density at radius 3 is 2.75 bits per heavy atom. The van der Waals surface area contributed by atoms with Gasteiger partial charge in [0.15, 0.2) is 0 Å². The molecule has 0 atom stereocenters. The van der Waals surface area contributed by atoms with Crippen molar-refractivity contribution in [1.82, 2.24) is 10.3 Å². The van der Waals surface area contributed by atoms with Gasteiger partial charge in [0.25, 0.3) is 5.91 Å². The van der Waals surface area contributed by atoms with Crippen molar-refractivity contribution in [3.05, 3.63) is 58.4 Å². The average Bonchev–Trinajstić information content (AvgIpc) is 2.47. The molecule has 1 heterocycles. The fraction of sp³-hybridized carbons (Fsp3) is 0.0714. The first kappa shape index (κ1) is 13.8. The first-order valence-corrected chi connectivity index (χ1v) is 6.16. The van der Waals surface area contributed by atoms with Gasteiger partial charge in [0.05, 0.1) is 29.1 Å². The molecule has 0 bridgehead atoms. The molecule has 0 fully saturated rings. The minimum Gasteiger partial charge on any atom is -0.397 e. The smallest absolute Gasteiger partial charge is 0.254 e. The van der Waals surface area contributed by atoms with E-state index in [0.717, 1.165) is 5.56 Å². The number of nitriles is 1. The molecule has 100 valence electrons. The molecule has 1 aromatic heterocycles. The highest BCUT2D eigenvalue weighted by Crippen LogP contribution is 2.15. The van der Waals surface area contributed by atoms with E-state index in [1.165, 1.54) is 12.3 Å². The lowest BCUT2D eigenvalue weighted by Crippen LogP contribution is -2.23. The number of hydrogen-bond donors (Lipinski definition) is 2. The number of hydrogen-bond acceptors (Lipinski definition) is 4. The number of carbonyl (C=O) groups is 1. The quantitative estimate of drug-likeness (QED) is 0.845. The van der Waals surface area contributed by atoms with Crippen LogP contribution in [0.1, 0.15) is 21.5 Å². The van der Waals surface area contributed by atoms with Gasteiger partial charge in [-0.15, -0.1) is 0 Å². The molecule has 3 N–H and O–H groups in total. The van der Waals surface area contributed by atoms with Gasteiger partial charge in [0, 0.05) is 6.54 Å². The predicted octanol–water partition coefficient (Wildman–Crippen LogP) is 2.12. The number of benzene rings is 1. The number of aromatic nitrogens is 1. The molecule has 1 amide bonds. The van der Waals surface area contributed by atoms with Crippen LogP contribution >= 0.6 is 11.6 Å². The predicted molar refractivity (Wildman–Crippen MR) is 76.0 cm³/mol. The highest BCUT2D eigenvalue weighted by atomic mass is 35.5. The van der Waals surface area contributed by atoms with Crippen molar-refractivity contribution in [3.63, 3.8) is 0 Å². The average molecular weight is 287 g/mol. The zero-order valence-corrected chi connectivity index (χ0v) is 11.2. The minimum absolute atomic E-state index is 0.108. The number of nitrogen functional groups attached to an aromatic ring is 1. The number of rotatable bonds is 3. The minimum atomic E-state index is -0.348. The summed E-state index contributed by atoms with van der Waals surface area (Å²) in [7, 11) is 0. The lowest BCUT2D eigenvalue weighted by atomic mass is 10.1. The molecule has 0 aliphatic rings. The molecule has 0 spiro atoms. The van der Waals surface area contributed by atoms with E-state index >= 15 is 0 Å². The largest absolute Gasteiger partial charge is 0.397 e. The second kappa shape index (κ2) is 6.04. The number of pyridine rings is 1. The Labute approximate surface area is 121 Å². The van der Waals surface area contributed by atoms with Crippen LogP contribution in [0.2, 0.25) is 5.15 Å². The van der Waals surface area contributed by atoms with Crippen LogP contribution in [0.4, 0.5) is 5.69 Å². The molecule has 0 saturated carbocycles. The zero-order valence-electron chi connectivity index (χ0n) is 10.4.